The molecule has 6 nitrogen and oxygen atoms in total. The Morgan fingerprint density at radius 3 is 1.62 bits per heavy atom. The number of nitrogens with one attached hydrogen (secondary N) is 2. The molecule has 0 spiro atoms. The van der Waals surface area contributed by atoms with Crippen molar-refractivity contribution in [2.75, 3.05) is 9.44 Å². The van der Waals surface area contributed by atoms with Crippen molar-refractivity contribution in [2.24, 2.45) is 0 Å². The van der Waals surface area contributed by atoms with Gasteiger partial charge < -0.3 is 0 Å². The van der Waals surface area contributed by atoms with E-state index in [9.17, 15) is 30.0 Å². The first-order chi connectivity index (χ1) is 13.6. The summed E-state index contributed by atoms with van der Waals surface area (Å²) < 4.78 is 93.2. The molecule has 0 saturated carbocycles. The van der Waals surface area contributed by atoms with Crippen molar-refractivity contribution in [3.05, 3.63) is 84.2 Å². The van der Waals surface area contributed by atoms with E-state index in [4.69, 9.17) is 0 Å². The third-order valence-electron chi connectivity index (χ3n) is 3.70. The number of benzene rings is 3. The van der Waals surface area contributed by atoms with Crippen LogP contribution in [0, 0.1) is 17.5 Å². The number of anilines is 2. The van der Waals surface area contributed by atoms with E-state index >= 15 is 0 Å². The summed E-state index contributed by atoms with van der Waals surface area (Å²) in [6, 6.07) is 11.2. The maximum absolute atomic E-state index is 13.7. The molecule has 11 heteroatoms. The number of halogens is 3. The molecule has 2 N–H and O–H groups in total. The molecule has 3 aromatic carbocycles. The molecule has 0 fully saturated rings. The van der Waals surface area contributed by atoms with Crippen molar-refractivity contribution < 1.29 is 30.0 Å². The zero-order valence-corrected chi connectivity index (χ0v) is 16.1. The van der Waals surface area contributed by atoms with E-state index in [0.717, 1.165) is 30.3 Å². The van der Waals surface area contributed by atoms with E-state index in [1.807, 2.05) is 0 Å². The van der Waals surface area contributed by atoms with Crippen LogP contribution in [0.3, 0.4) is 0 Å². The molecule has 0 amide bonds. The first-order valence-electron chi connectivity index (χ1n) is 7.93. The molecule has 0 unspecified atom stereocenters. The SMILES string of the molecule is O=S(=O)(Nc1ccc(NS(=O)(=O)c2cc(F)ccc2F)cc1)c1ccc(F)cc1. The van der Waals surface area contributed by atoms with Crippen LogP contribution in [-0.2, 0) is 20.0 Å². The molecule has 0 atom stereocenters. The van der Waals surface area contributed by atoms with Gasteiger partial charge in [-0.25, -0.2) is 30.0 Å². The van der Waals surface area contributed by atoms with Crippen molar-refractivity contribution in [1.29, 1.82) is 0 Å². The van der Waals surface area contributed by atoms with Crippen molar-refractivity contribution in [2.45, 2.75) is 9.79 Å². The molecule has 0 heterocycles. The van der Waals surface area contributed by atoms with Crippen LogP contribution in [0.5, 0.6) is 0 Å². The van der Waals surface area contributed by atoms with Gasteiger partial charge in [0, 0.05) is 11.4 Å². The second-order valence-corrected chi connectivity index (χ2v) is 9.15. The highest BCUT2D eigenvalue weighted by atomic mass is 32.2. The molecule has 0 saturated heterocycles. The first kappa shape index (κ1) is 20.7. The Hall–Kier alpha value is -3.05. The lowest BCUT2D eigenvalue weighted by molar-refractivity contribution is 0.555. The van der Waals surface area contributed by atoms with E-state index in [1.165, 1.54) is 24.3 Å². The average molecular weight is 442 g/mol. The second kappa shape index (κ2) is 7.76. The highest BCUT2D eigenvalue weighted by molar-refractivity contribution is 7.93. The molecular formula is C18H13F3N2O4S2. The van der Waals surface area contributed by atoms with Gasteiger partial charge in [-0.15, -0.1) is 0 Å². The maximum atomic E-state index is 13.7. The van der Waals surface area contributed by atoms with Crippen LogP contribution in [-0.4, -0.2) is 16.8 Å². The van der Waals surface area contributed by atoms with E-state index in [2.05, 4.69) is 9.44 Å². The molecule has 29 heavy (non-hydrogen) atoms. The molecule has 152 valence electrons. The fourth-order valence-corrected chi connectivity index (χ4v) is 4.53. The Morgan fingerprint density at radius 1 is 0.586 bits per heavy atom. The van der Waals surface area contributed by atoms with Crippen molar-refractivity contribution >= 4 is 31.4 Å². The minimum atomic E-state index is -4.40. The van der Waals surface area contributed by atoms with E-state index in [1.54, 1.807) is 0 Å². The molecular weight excluding hydrogens is 429 g/mol. The topological polar surface area (TPSA) is 92.3 Å². The summed E-state index contributed by atoms with van der Waals surface area (Å²) in [5.74, 6) is -2.63. The van der Waals surface area contributed by atoms with Crippen LogP contribution < -0.4 is 9.44 Å². The lowest BCUT2D eigenvalue weighted by atomic mass is 10.3. The molecule has 0 aliphatic rings. The summed E-state index contributed by atoms with van der Waals surface area (Å²) in [5.41, 5.74) is 0.104. The van der Waals surface area contributed by atoms with Crippen LogP contribution in [0.25, 0.3) is 0 Å². The summed E-state index contributed by atoms with van der Waals surface area (Å²) in [6.07, 6.45) is 0. The number of rotatable bonds is 6. The van der Waals surface area contributed by atoms with Crippen molar-refractivity contribution in [3.63, 3.8) is 0 Å². The average Bonchev–Trinajstić information content (AvgIpc) is 2.65. The minimum absolute atomic E-state index is 0.00149. The fraction of sp³-hybridized carbons (Fsp3) is 0. The highest BCUT2D eigenvalue weighted by Crippen LogP contribution is 2.22. The maximum Gasteiger partial charge on any atom is 0.264 e. The molecule has 0 aliphatic heterocycles. The lowest BCUT2D eigenvalue weighted by Crippen LogP contribution is -2.15. The number of hydrogen-bond donors (Lipinski definition) is 2. The van der Waals surface area contributed by atoms with Gasteiger partial charge in [0.1, 0.15) is 22.3 Å². The standard InChI is InChI=1S/C18H13F3N2O4S2/c19-12-1-8-16(9-2-12)28(24,25)22-14-4-6-15(7-5-14)23-29(26,27)18-11-13(20)3-10-17(18)21/h1-11,22-23H. The Balaban J connectivity index is 1.78. The van der Waals surface area contributed by atoms with Gasteiger partial charge in [0.05, 0.1) is 4.90 Å². The zero-order chi connectivity index (χ0) is 21.2. The number of hydrogen-bond acceptors (Lipinski definition) is 4. The molecule has 0 radical (unpaired) electrons. The Morgan fingerprint density at radius 2 is 1.07 bits per heavy atom. The zero-order valence-electron chi connectivity index (χ0n) is 14.4. The van der Waals surface area contributed by atoms with Crippen LogP contribution >= 0.6 is 0 Å². The summed E-state index contributed by atoms with van der Waals surface area (Å²) in [4.78, 5) is -1.02. The van der Waals surface area contributed by atoms with Crippen LogP contribution in [0.2, 0.25) is 0 Å². The predicted octanol–water partition coefficient (Wildman–Crippen LogP) is 3.71. The van der Waals surface area contributed by atoms with Crippen LogP contribution in [0.1, 0.15) is 0 Å². The van der Waals surface area contributed by atoms with Gasteiger partial charge in [0.25, 0.3) is 20.0 Å². The molecule has 3 aromatic rings. The second-order valence-electron chi connectivity index (χ2n) is 5.82. The Labute approximate surface area is 165 Å². The largest absolute Gasteiger partial charge is 0.280 e. The van der Waals surface area contributed by atoms with E-state index in [-0.39, 0.29) is 16.3 Å². The van der Waals surface area contributed by atoms with E-state index < -0.39 is 42.4 Å². The fourth-order valence-electron chi connectivity index (χ4n) is 2.33. The molecule has 0 aromatic heterocycles. The van der Waals surface area contributed by atoms with Crippen LogP contribution in [0.4, 0.5) is 24.5 Å². The quantitative estimate of drug-likeness (QED) is 0.609. The first-order valence-corrected chi connectivity index (χ1v) is 10.9. The van der Waals surface area contributed by atoms with Crippen molar-refractivity contribution in [3.8, 4) is 0 Å². The molecule has 0 aliphatic carbocycles. The van der Waals surface area contributed by atoms with Gasteiger partial charge in [0.15, 0.2) is 0 Å². The van der Waals surface area contributed by atoms with Gasteiger partial charge in [-0.1, -0.05) is 0 Å². The predicted molar refractivity (Wildman–Crippen MR) is 101 cm³/mol. The molecule has 3 rings (SSSR count). The normalized spacial score (nSPS) is 11.8. The summed E-state index contributed by atoms with van der Waals surface area (Å²) in [6.45, 7) is 0. The highest BCUT2D eigenvalue weighted by Gasteiger charge is 2.20. The monoisotopic (exact) mass is 442 g/mol. The van der Waals surface area contributed by atoms with Gasteiger partial charge in [-0.05, 0) is 66.7 Å². The van der Waals surface area contributed by atoms with Gasteiger partial charge >= 0.3 is 0 Å². The smallest absolute Gasteiger partial charge is 0.264 e. The third-order valence-corrected chi connectivity index (χ3v) is 6.49. The minimum Gasteiger partial charge on any atom is -0.280 e. The summed E-state index contributed by atoms with van der Waals surface area (Å²) >= 11 is 0. The van der Waals surface area contributed by atoms with Crippen molar-refractivity contribution in [1.82, 2.24) is 0 Å². The summed E-state index contributed by atoms with van der Waals surface area (Å²) in [5, 5.41) is 0. The summed E-state index contributed by atoms with van der Waals surface area (Å²) in [7, 11) is -8.38. The lowest BCUT2D eigenvalue weighted by Gasteiger charge is -2.11. The molecule has 0 bridgehead atoms. The van der Waals surface area contributed by atoms with E-state index in [0.29, 0.717) is 12.1 Å². The van der Waals surface area contributed by atoms with Gasteiger partial charge in [-0.2, -0.15) is 0 Å². The Kier molecular flexibility index (Phi) is 5.53. The number of sulfonamides is 2. The Bertz CT molecular complexity index is 1250. The van der Waals surface area contributed by atoms with Gasteiger partial charge in [0.2, 0.25) is 0 Å². The third kappa shape index (κ3) is 4.87. The van der Waals surface area contributed by atoms with Crippen LogP contribution in [0.15, 0.2) is 76.5 Å². The van der Waals surface area contributed by atoms with Gasteiger partial charge in [-0.3, -0.25) is 9.44 Å².